The van der Waals surface area contributed by atoms with Gasteiger partial charge in [0.1, 0.15) is 22.9 Å². The predicted molar refractivity (Wildman–Crippen MR) is 153 cm³/mol. The van der Waals surface area contributed by atoms with Gasteiger partial charge in [-0.15, -0.1) is 0 Å². The maximum Gasteiger partial charge on any atom is 0.255 e. The zero-order valence-corrected chi connectivity index (χ0v) is 22.7. The quantitative estimate of drug-likeness (QED) is 0.152. The predicted octanol–water partition coefficient (Wildman–Crippen LogP) is 7.00. The lowest BCUT2D eigenvalue weighted by molar-refractivity contribution is 0.0960. The Morgan fingerprint density at radius 3 is 2.41 bits per heavy atom. The van der Waals surface area contributed by atoms with E-state index in [0.29, 0.717) is 64.7 Å². The van der Waals surface area contributed by atoms with Crippen LogP contribution in [0.25, 0.3) is 33.4 Å². The second-order valence-electron chi connectivity index (χ2n) is 10.0. The van der Waals surface area contributed by atoms with E-state index in [2.05, 4.69) is 19.2 Å². The highest BCUT2D eigenvalue weighted by Gasteiger charge is 2.22. The number of carbonyl (C=O) groups excluding carboxylic acids is 2. The number of rotatable bonds is 12. The fourth-order valence-corrected chi connectivity index (χ4v) is 4.44. The van der Waals surface area contributed by atoms with Crippen molar-refractivity contribution in [3.8, 4) is 28.2 Å². The number of benzene rings is 3. The third-order valence-electron chi connectivity index (χ3n) is 6.63. The number of hydrogen-bond donors (Lipinski definition) is 2. The van der Waals surface area contributed by atoms with Crippen LogP contribution in [-0.2, 0) is 0 Å². The number of carbonyl (C=O) groups is 2. The van der Waals surface area contributed by atoms with Crippen molar-refractivity contribution in [1.29, 1.82) is 0 Å². The third-order valence-corrected chi connectivity index (χ3v) is 6.63. The Bertz CT molecular complexity index is 1460. The first-order valence-corrected chi connectivity index (χ1v) is 13.4. The van der Waals surface area contributed by atoms with Gasteiger partial charge in [-0.2, -0.15) is 0 Å². The Balaban J connectivity index is 1.79. The fraction of sp³-hybridized carbons (Fsp3) is 0.312. The standard InChI is InChI=1S/C32H35FN2O4/c1-20(2)6-12-28(36)24-16-23(17-26(18-24)38-15-5-4-14-34)22-9-13-29-27(19-22)30(32(37)35-3)31(39-29)21-7-10-25(33)11-8-21/h7-11,13,16-20H,4-6,12,14-15,34H2,1-3H3,(H,35,37). The van der Waals surface area contributed by atoms with Gasteiger partial charge in [0.15, 0.2) is 5.78 Å². The number of Topliss-reactive ketones (excluding diaryl/α,β-unsaturated/α-hetero) is 1. The molecule has 0 fully saturated rings. The minimum absolute atomic E-state index is 0.0615. The molecule has 4 aromatic rings. The Morgan fingerprint density at radius 1 is 0.974 bits per heavy atom. The smallest absolute Gasteiger partial charge is 0.255 e. The van der Waals surface area contributed by atoms with Crippen LogP contribution in [-0.4, -0.2) is 31.9 Å². The molecule has 0 bridgehead atoms. The summed E-state index contributed by atoms with van der Waals surface area (Å²) >= 11 is 0. The highest BCUT2D eigenvalue weighted by atomic mass is 19.1. The molecule has 7 heteroatoms. The molecule has 204 valence electrons. The highest BCUT2D eigenvalue weighted by Crippen LogP contribution is 2.37. The van der Waals surface area contributed by atoms with Gasteiger partial charge in [0.2, 0.25) is 0 Å². The van der Waals surface area contributed by atoms with E-state index in [1.165, 1.54) is 12.1 Å². The third kappa shape index (κ3) is 6.73. The second-order valence-corrected chi connectivity index (χ2v) is 10.0. The summed E-state index contributed by atoms with van der Waals surface area (Å²) in [5, 5.41) is 3.30. The number of hydrogen-bond acceptors (Lipinski definition) is 5. The lowest BCUT2D eigenvalue weighted by Crippen LogP contribution is -2.18. The normalized spacial score (nSPS) is 11.2. The zero-order valence-electron chi connectivity index (χ0n) is 22.7. The van der Waals surface area contributed by atoms with Crippen molar-refractivity contribution in [2.45, 2.75) is 39.5 Å². The molecule has 1 amide bonds. The van der Waals surface area contributed by atoms with Gasteiger partial charge in [-0.05, 0) is 97.4 Å². The lowest BCUT2D eigenvalue weighted by Gasteiger charge is -2.12. The molecule has 0 atom stereocenters. The number of halogens is 1. The molecule has 1 aromatic heterocycles. The first-order chi connectivity index (χ1) is 18.8. The summed E-state index contributed by atoms with van der Waals surface area (Å²) < 4.78 is 25.6. The summed E-state index contributed by atoms with van der Waals surface area (Å²) in [6.07, 6.45) is 2.93. The van der Waals surface area contributed by atoms with E-state index in [1.807, 2.05) is 24.3 Å². The lowest BCUT2D eigenvalue weighted by atomic mass is 9.96. The van der Waals surface area contributed by atoms with Crippen molar-refractivity contribution < 1.29 is 23.1 Å². The van der Waals surface area contributed by atoms with E-state index in [0.717, 1.165) is 30.4 Å². The van der Waals surface area contributed by atoms with Crippen molar-refractivity contribution in [3.63, 3.8) is 0 Å². The van der Waals surface area contributed by atoms with Crippen LogP contribution in [0.3, 0.4) is 0 Å². The average molecular weight is 531 g/mol. The summed E-state index contributed by atoms with van der Waals surface area (Å²) in [7, 11) is 1.56. The van der Waals surface area contributed by atoms with Gasteiger partial charge in [0, 0.05) is 30.0 Å². The molecule has 3 aromatic carbocycles. The van der Waals surface area contributed by atoms with Gasteiger partial charge in [-0.3, -0.25) is 9.59 Å². The van der Waals surface area contributed by atoms with Gasteiger partial charge in [0.05, 0.1) is 12.2 Å². The van der Waals surface area contributed by atoms with Crippen LogP contribution in [0.5, 0.6) is 5.75 Å². The summed E-state index contributed by atoms with van der Waals surface area (Å²) in [6.45, 7) is 5.30. The molecule has 0 unspecified atom stereocenters. The van der Waals surface area contributed by atoms with Gasteiger partial charge in [-0.25, -0.2) is 4.39 Å². The molecular weight excluding hydrogens is 495 g/mol. The topological polar surface area (TPSA) is 94.6 Å². The van der Waals surface area contributed by atoms with Crippen molar-refractivity contribution >= 4 is 22.7 Å². The summed E-state index contributed by atoms with van der Waals surface area (Å²) in [4.78, 5) is 26.0. The monoisotopic (exact) mass is 530 g/mol. The van der Waals surface area contributed by atoms with Crippen LogP contribution in [0.15, 0.2) is 65.1 Å². The number of unbranched alkanes of at least 4 members (excludes halogenated alkanes) is 1. The first-order valence-electron chi connectivity index (χ1n) is 13.4. The van der Waals surface area contributed by atoms with E-state index in [4.69, 9.17) is 14.9 Å². The molecule has 39 heavy (non-hydrogen) atoms. The number of amides is 1. The van der Waals surface area contributed by atoms with Crippen molar-refractivity contribution in [1.82, 2.24) is 5.32 Å². The molecule has 0 aliphatic heterocycles. The van der Waals surface area contributed by atoms with Gasteiger partial charge >= 0.3 is 0 Å². The molecule has 0 saturated heterocycles. The minimum atomic E-state index is -0.373. The zero-order chi connectivity index (χ0) is 27.9. The van der Waals surface area contributed by atoms with Crippen molar-refractivity contribution in [2.24, 2.45) is 11.7 Å². The molecule has 4 rings (SSSR count). The number of nitrogens with one attached hydrogen (secondary N) is 1. The molecule has 0 saturated carbocycles. The Kier molecular flexibility index (Phi) is 9.15. The Hall–Kier alpha value is -3.97. The molecule has 0 aliphatic rings. The van der Waals surface area contributed by atoms with Crippen molar-refractivity contribution in [2.75, 3.05) is 20.2 Å². The van der Waals surface area contributed by atoms with E-state index in [9.17, 15) is 14.0 Å². The molecular formula is C32H35FN2O4. The minimum Gasteiger partial charge on any atom is -0.494 e. The van der Waals surface area contributed by atoms with Crippen molar-refractivity contribution in [3.05, 3.63) is 77.6 Å². The Labute approximate surface area is 228 Å². The van der Waals surface area contributed by atoms with Gasteiger partial charge < -0.3 is 20.2 Å². The SMILES string of the molecule is CNC(=O)c1c(-c2ccc(F)cc2)oc2ccc(-c3cc(OCCCCN)cc(C(=O)CCC(C)C)c3)cc12. The average Bonchev–Trinajstić information content (AvgIpc) is 3.32. The van der Waals surface area contributed by atoms with E-state index < -0.39 is 0 Å². The fourth-order valence-electron chi connectivity index (χ4n) is 4.44. The number of furan rings is 1. The number of nitrogens with two attached hydrogens (primary N) is 1. The van der Waals surface area contributed by atoms with Gasteiger partial charge in [0.25, 0.3) is 5.91 Å². The second kappa shape index (κ2) is 12.7. The van der Waals surface area contributed by atoms with Crippen LogP contribution in [0, 0.1) is 11.7 Å². The molecule has 6 nitrogen and oxygen atoms in total. The summed E-state index contributed by atoms with van der Waals surface area (Å²) in [5.41, 5.74) is 9.30. The first kappa shape index (κ1) is 28.0. The molecule has 3 N–H and O–H groups in total. The molecule has 0 aliphatic carbocycles. The van der Waals surface area contributed by atoms with E-state index in [1.54, 1.807) is 31.3 Å². The van der Waals surface area contributed by atoms with E-state index >= 15 is 0 Å². The maximum atomic E-state index is 13.5. The van der Waals surface area contributed by atoms with Crippen LogP contribution in [0.4, 0.5) is 4.39 Å². The highest BCUT2D eigenvalue weighted by molar-refractivity contribution is 6.12. The van der Waals surface area contributed by atoms with Gasteiger partial charge in [-0.1, -0.05) is 19.9 Å². The van der Waals surface area contributed by atoms with Crippen LogP contribution in [0.2, 0.25) is 0 Å². The number of ketones is 1. The Morgan fingerprint density at radius 2 is 1.72 bits per heavy atom. The number of fused-ring (bicyclic) bond motifs is 1. The summed E-state index contributed by atoms with van der Waals surface area (Å²) in [6, 6.07) is 17.0. The van der Waals surface area contributed by atoms with Crippen LogP contribution < -0.4 is 15.8 Å². The molecule has 0 radical (unpaired) electrons. The van der Waals surface area contributed by atoms with Crippen LogP contribution >= 0.6 is 0 Å². The van der Waals surface area contributed by atoms with Crippen LogP contribution in [0.1, 0.15) is 60.2 Å². The van der Waals surface area contributed by atoms with E-state index in [-0.39, 0.29) is 17.5 Å². The largest absolute Gasteiger partial charge is 0.494 e. The molecule has 0 spiro atoms. The number of ether oxygens (including phenoxy) is 1. The maximum absolute atomic E-state index is 13.5. The summed E-state index contributed by atoms with van der Waals surface area (Å²) in [5.74, 6) is 0.776. The molecule has 1 heterocycles.